The largest absolute Gasteiger partial charge is 0.370 e. The van der Waals surface area contributed by atoms with Crippen molar-refractivity contribution < 1.29 is 9.53 Å². The summed E-state index contributed by atoms with van der Waals surface area (Å²) >= 11 is 0. The van der Waals surface area contributed by atoms with Gasteiger partial charge in [0.2, 0.25) is 5.91 Å². The third kappa shape index (κ3) is 3.69. The quantitative estimate of drug-likeness (QED) is 0.709. The highest BCUT2D eigenvalue weighted by Crippen LogP contribution is 2.48. The van der Waals surface area contributed by atoms with Gasteiger partial charge in [-0.2, -0.15) is 5.26 Å². The van der Waals surface area contributed by atoms with Crippen molar-refractivity contribution in [3.05, 3.63) is 22.4 Å². The van der Waals surface area contributed by atoms with Crippen LogP contribution in [0.5, 0.6) is 0 Å². The van der Waals surface area contributed by atoms with Gasteiger partial charge < -0.3 is 14.5 Å². The summed E-state index contributed by atoms with van der Waals surface area (Å²) in [6.07, 6.45) is 5.09. The van der Waals surface area contributed by atoms with Gasteiger partial charge in [-0.1, -0.05) is 20.8 Å². The lowest BCUT2D eigenvalue weighted by atomic mass is 9.87. The highest BCUT2D eigenvalue weighted by molar-refractivity contribution is 5.85. The minimum absolute atomic E-state index is 0.141. The smallest absolute Gasteiger partial charge is 0.228 e. The maximum atomic E-state index is 13.2. The number of nitrogens with zero attached hydrogens (tertiary/aromatic N) is 4. The van der Waals surface area contributed by atoms with E-state index in [1.165, 1.54) is 12.8 Å². The molecule has 0 radical (unpaired) electrons. The summed E-state index contributed by atoms with van der Waals surface area (Å²) < 4.78 is 6.11. The molecule has 6 nitrogen and oxygen atoms in total. The second-order valence-corrected chi connectivity index (χ2v) is 11.6. The zero-order valence-electron chi connectivity index (χ0n) is 20.2. The molecular weight excluding hydrogens is 400 g/mol. The SMILES string of the molecule is CC(C)[C@@H]1CN(c2nc(C3CC3)c3c(c2C#N)CC(C)(C)OC3)CCN1C(=O)C1(C)CC1. The van der Waals surface area contributed by atoms with Gasteiger partial charge in [0.05, 0.1) is 29.5 Å². The second kappa shape index (κ2) is 7.45. The first-order chi connectivity index (χ1) is 15.1. The maximum absolute atomic E-state index is 13.2. The van der Waals surface area contributed by atoms with Crippen LogP contribution >= 0.6 is 0 Å². The van der Waals surface area contributed by atoms with E-state index in [0.717, 1.165) is 60.6 Å². The van der Waals surface area contributed by atoms with Gasteiger partial charge in [0.25, 0.3) is 0 Å². The molecule has 1 amide bonds. The fraction of sp³-hybridized carbons (Fsp3) is 0.731. The Hall–Kier alpha value is -2.13. The Morgan fingerprint density at radius 3 is 2.50 bits per heavy atom. The van der Waals surface area contributed by atoms with Crippen LogP contribution in [0.1, 0.15) is 88.6 Å². The van der Waals surface area contributed by atoms with Crippen LogP contribution in [0.25, 0.3) is 0 Å². The molecular formula is C26H36N4O2. The monoisotopic (exact) mass is 436 g/mol. The van der Waals surface area contributed by atoms with Gasteiger partial charge in [-0.05, 0) is 51.0 Å². The van der Waals surface area contributed by atoms with Crippen LogP contribution in [0.2, 0.25) is 0 Å². The number of aromatic nitrogens is 1. The molecule has 0 unspecified atom stereocenters. The van der Waals surface area contributed by atoms with Gasteiger partial charge in [-0.3, -0.25) is 4.79 Å². The van der Waals surface area contributed by atoms with Gasteiger partial charge in [-0.25, -0.2) is 4.98 Å². The Morgan fingerprint density at radius 2 is 1.91 bits per heavy atom. The number of rotatable bonds is 4. The first-order valence-corrected chi connectivity index (χ1v) is 12.3. The third-order valence-corrected chi connectivity index (χ3v) is 7.98. The van der Waals surface area contributed by atoms with Crippen molar-refractivity contribution in [3.63, 3.8) is 0 Å². The van der Waals surface area contributed by atoms with E-state index >= 15 is 0 Å². The number of hydrogen-bond acceptors (Lipinski definition) is 5. The van der Waals surface area contributed by atoms with Crippen molar-refractivity contribution in [3.8, 4) is 6.07 Å². The summed E-state index contributed by atoms with van der Waals surface area (Å²) in [6.45, 7) is 13.4. The van der Waals surface area contributed by atoms with E-state index < -0.39 is 0 Å². The fourth-order valence-corrected chi connectivity index (χ4v) is 5.39. The molecule has 3 fully saturated rings. The van der Waals surface area contributed by atoms with E-state index in [-0.39, 0.29) is 17.1 Å². The molecule has 1 aromatic rings. The molecule has 172 valence electrons. The van der Waals surface area contributed by atoms with Crippen LogP contribution in [0.4, 0.5) is 5.82 Å². The van der Waals surface area contributed by atoms with Gasteiger partial charge in [0.1, 0.15) is 11.9 Å². The lowest BCUT2D eigenvalue weighted by Crippen LogP contribution is -2.59. The molecule has 1 saturated heterocycles. The van der Waals surface area contributed by atoms with E-state index in [4.69, 9.17) is 9.72 Å². The van der Waals surface area contributed by atoms with E-state index in [1.807, 2.05) is 0 Å². The number of fused-ring (bicyclic) bond motifs is 1. The predicted octanol–water partition coefficient (Wildman–Crippen LogP) is 4.16. The van der Waals surface area contributed by atoms with Crippen LogP contribution < -0.4 is 4.90 Å². The minimum atomic E-state index is -0.274. The van der Waals surface area contributed by atoms with E-state index in [9.17, 15) is 10.1 Å². The molecule has 4 aliphatic rings. The molecule has 5 rings (SSSR count). The Labute approximate surface area is 191 Å². The molecule has 0 aromatic carbocycles. The molecule has 2 aliphatic carbocycles. The molecule has 6 heteroatoms. The summed E-state index contributed by atoms with van der Waals surface area (Å²) in [5.74, 6) is 2.00. The maximum Gasteiger partial charge on any atom is 0.228 e. The Morgan fingerprint density at radius 1 is 1.19 bits per heavy atom. The number of carbonyl (C=O) groups is 1. The number of piperazine rings is 1. The minimum Gasteiger partial charge on any atom is -0.370 e. The molecule has 0 bridgehead atoms. The first-order valence-electron chi connectivity index (χ1n) is 12.3. The number of anilines is 1. The Kier molecular flexibility index (Phi) is 5.05. The summed E-state index contributed by atoms with van der Waals surface area (Å²) in [6, 6.07) is 2.66. The van der Waals surface area contributed by atoms with Crippen molar-refractivity contribution >= 4 is 11.7 Å². The molecule has 32 heavy (non-hydrogen) atoms. The molecule has 3 heterocycles. The van der Waals surface area contributed by atoms with Gasteiger partial charge in [0.15, 0.2) is 0 Å². The number of carbonyl (C=O) groups excluding carboxylic acids is 1. The Balaban J connectivity index is 1.51. The standard InChI is InChI=1S/C26H36N4O2/c1-16(2)21-14-29(10-11-30(21)24(31)26(5)8-9-26)23-19(13-27)18-12-25(3,4)32-15-20(18)22(28-23)17-6-7-17/h16-17,21H,6-12,14-15H2,1-5H3/t21-/m0/s1. The van der Waals surface area contributed by atoms with Crippen molar-refractivity contribution in [2.24, 2.45) is 11.3 Å². The summed E-state index contributed by atoms with van der Waals surface area (Å²) in [7, 11) is 0. The number of amides is 1. The summed E-state index contributed by atoms with van der Waals surface area (Å²) in [4.78, 5) is 22.7. The third-order valence-electron chi connectivity index (χ3n) is 7.98. The zero-order valence-corrected chi connectivity index (χ0v) is 20.2. The predicted molar refractivity (Wildman–Crippen MR) is 123 cm³/mol. The van der Waals surface area contributed by atoms with Crippen molar-refractivity contribution in [2.45, 2.75) is 90.9 Å². The lowest BCUT2D eigenvalue weighted by molar-refractivity contribution is -0.140. The molecule has 1 atom stereocenters. The van der Waals surface area contributed by atoms with Crippen LogP contribution in [0.15, 0.2) is 0 Å². The van der Waals surface area contributed by atoms with Crippen molar-refractivity contribution in [2.75, 3.05) is 24.5 Å². The molecule has 2 aliphatic heterocycles. The van der Waals surface area contributed by atoms with Crippen LogP contribution in [-0.4, -0.2) is 47.1 Å². The normalized spacial score (nSPS) is 26.0. The fourth-order valence-electron chi connectivity index (χ4n) is 5.39. The highest BCUT2D eigenvalue weighted by Gasteiger charge is 2.49. The average Bonchev–Trinajstić information content (AvgIpc) is 3.68. The van der Waals surface area contributed by atoms with E-state index in [2.05, 4.69) is 50.5 Å². The van der Waals surface area contributed by atoms with Gasteiger partial charge in [-0.15, -0.1) is 0 Å². The lowest BCUT2D eigenvalue weighted by Gasteiger charge is -2.45. The topological polar surface area (TPSA) is 69.5 Å². The number of pyridine rings is 1. The van der Waals surface area contributed by atoms with Crippen LogP contribution in [0, 0.1) is 22.7 Å². The highest BCUT2D eigenvalue weighted by atomic mass is 16.5. The second-order valence-electron chi connectivity index (χ2n) is 11.6. The number of nitriles is 1. The van der Waals surface area contributed by atoms with Crippen molar-refractivity contribution in [1.82, 2.24) is 9.88 Å². The van der Waals surface area contributed by atoms with Crippen molar-refractivity contribution in [1.29, 1.82) is 5.26 Å². The van der Waals surface area contributed by atoms with Crippen LogP contribution in [0.3, 0.4) is 0 Å². The van der Waals surface area contributed by atoms with Gasteiger partial charge in [0, 0.05) is 43.0 Å². The molecule has 1 aromatic heterocycles. The van der Waals surface area contributed by atoms with E-state index in [0.29, 0.717) is 30.9 Å². The summed E-state index contributed by atoms with van der Waals surface area (Å²) in [5, 5.41) is 10.2. The molecule has 0 N–H and O–H groups in total. The molecule has 2 saturated carbocycles. The molecule has 0 spiro atoms. The zero-order chi connectivity index (χ0) is 22.8. The Bertz CT molecular complexity index is 985. The summed E-state index contributed by atoms with van der Waals surface area (Å²) in [5.41, 5.74) is 3.74. The van der Waals surface area contributed by atoms with E-state index in [1.54, 1.807) is 0 Å². The first kappa shape index (κ1) is 21.7. The number of hydrogen-bond donors (Lipinski definition) is 0. The van der Waals surface area contributed by atoms with Gasteiger partial charge >= 0.3 is 0 Å². The number of ether oxygens (including phenoxy) is 1. The average molecular weight is 437 g/mol. The van der Waals surface area contributed by atoms with Crippen LogP contribution in [-0.2, 0) is 22.6 Å².